The minimum absolute atomic E-state index is 0.260. The van der Waals surface area contributed by atoms with Crippen molar-refractivity contribution in [1.29, 1.82) is 0 Å². The Labute approximate surface area is 156 Å². The molecule has 1 aromatic heterocycles. The fraction of sp³-hybridized carbons (Fsp3) is 0.300. The highest BCUT2D eigenvalue weighted by molar-refractivity contribution is 5.98. The predicted molar refractivity (Wildman–Crippen MR) is 101 cm³/mol. The van der Waals surface area contributed by atoms with Crippen molar-refractivity contribution in [3.05, 3.63) is 59.4 Å². The first-order chi connectivity index (χ1) is 12.9. The molecule has 1 aliphatic rings. The maximum absolute atomic E-state index is 13.7. The van der Waals surface area contributed by atoms with Gasteiger partial charge in [-0.15, -0.1) is 0 Å². The molecule has 27 heavy (non-hydrogen) atoms. The number of H-pyrrole nitrogens is 1. The highest BCUT2D eigenvalue weighted by atomic mass is 19.1. The summed E-state index contributed by atoms with van der Waals surface area (Å²) in [6, 6.07) is 11.9. The second kappa shape index (κ2) is 6.66. The van der Waals surface area contributed by atoms with Gasteiger partial charge in [-0.05, 0) is 55.2 Å². The first kappa shape index (κ1) is 17.5. The summed E-state index contributed by atoms with van der Waals surface area (Å²) in [6.07, 6.45) is 0.704. The minimum Gasteiger partial charge on any atom is -0.385 e. The van der Waals surface area contributed by atoms with Crippen molar-refractivity contribution in [2.24, 2.45) is 0 Å². The van der Waals surface area contributed by atoms with Gasteiger partial charge < -0.3 is 10.0 Å². The zero-order valence-electron chi connectivity index (χ0n) is 15.0. The summed E-state index contributed by atoms with van der Waals surface area (Å²) in [6.45, 7) is 2.55. The van der Waals surface area contributed by atoms with Crippen LogP contribution in [0.5, 0.6) is 0 Å². The number of hydrogen-bond donors (Lipinski definition) is 3. The first-order valence-electron chi connectivity index (χ1n) is 8.94. The molecular formula is C20H21FN4O2. The van der Waals surface area contributed by atoms with Gasteiger partial charge in [-0.25, -0.2) is 9.18 Å². The summed E-state index contributed by atoms with van der Waals surface area (Å²) in [5, 5.41) is 21.6. The molecule has 7 heteroatoms. The number of anilines is 1. The van der Waals surface area contributed by atoms with Crippen LogP contribution in [0.4, 0.5) is 15.0 Å². The van der Waals surface area contributed by atoms with Crippen molar-refractivity contribution < 1.29 is 14.3 Å². The van der Waals surface area contributed by atoms with Gasteiger partial charge in [0, 0.05) is 18.5 Å². The zero-order valence-corrected chi connectivity index (χ0v) is 15.0. The van der Waals surface area contributed by atoms with Gasteiger partial charge >= 0.3 is 6.03 Å². The van der Waals surface area contributed by atoms with Crippen LogP contribution >= 0.6 is 0 Å². The Kier molecular flexibility index (Phi) is 4.31. The molecule has 0 aliphatic carbocycles. The molecule has 140 valence electrons. The van der Waals surface area contributed by atoms with Crippen LogP contribution in [0, 0.1) is 12.7 Å². The SMILES string of the molecule is Cc1cc(F)cc(C2(O)CCN(C(=O)Nc3n[nH]c4ccccc34)CC2)c1. The number of likely N-dealkylation sites (tertiary alicyclic amines) is 1. The average Bonchev–Trinajstić information content (AvgIpc) is 3.04. The summed E-state index contributed by atoms with van der Waals surface area (Å²) in [5.41, 5.74) is 1.06. The molecule has 1 fully saturated rings. The average molecular weight is 368 g/mol. The minimum atomic E-state index is -1.12. The molecule has 0 bridgehead atoms. The molecule has 1 aliphatic heterocycles. The standard InChI is InChI=1S/C20H21FN4O2/c1-13-10-14(12-15(21)11-13)20(27)6-8-25(9-7-20)19(26)22-18-16-4-2-3-5-17(16)23-24-18/h2-5,10-12,27H,6-9H2,1H3,(H2,22,23,24,26). The largest absolute Gasteiger partial charge is 0.385 e. The van der Waals surface area contributed by atoms with E-state index < -0.39 is 5.60 Å². The number of aryl methyl sites for hydroxylation is 1. The predicted octanol–water partition coefficient (Wildman–Crippen LogP) is 3.53. The Morgan fingerprint density at radius 2 is 2.00 bits per heavy atom. The lowest BCUT2D eigenvalue weighted by Gasteiger charge is -2.38. The third-order valence-corrected chi connectivity index (χ3v) is 5.15. The molecule has 1 saturated heterocycles. The van der Waals surface area contributed by atoms with Crippen molar-refractivity contribution in [3.8, 4) is 0 Å². The van der Waals surface area contributed by atoms with Gasteiger partial charge in [0.05, 0.1) is 11.1 Å². The third-order valence-electron chi connectivity index (χ3n) is 5.15. The second-order valence-electron chi connectivity index (χ2n) is 7.08. The number of rotatable bonds is 2. The maximum Gasteiger partial charge on any atom is 0.323 e. The number of hydrogen-bond acceptors (Lipinski definition) is 3. The van der Waals surface area contributed by atoms with Gasteiger partial charge in [0.15, 0.2) is 5.82 Å². The molecule has 0 spiro atoms. The van der Waals surface area contributed by atoms with E-state index >= 15 is 0 Å². The number of aliphatic hydroxyl groups is 1. The third kappa shape index (κ3) is 3.38. The number of nitrogens with zero attached hydrogens (tertiary/aromatic N) is 2. The van der Waals surface area contributed by atoms with Gasteiger partial charge in [-0.3, -0.25) is 10.4 Å². The van der Waals surface area contributed by atoms with Crippen LogP contribution in [0.2, 0.25) is 0 Å². The number of aromatic amines is 1. The Balaban J connectivity index is 1.44. The van der Waals surface area contributed by atoms with Crippen molar-refractivity contribution in [2.45, 2.75) is 25.4 Å². The van der Waals surface area contributed by atoms with Crippen molar-refractivity contribution in [2.75, 3.05) is 18.4 Å². The van der Waals surface area contributed by atoms with E-state index in [0.717, 1.165) is 16.5 Å². The number of urea groups is 1. The molecule has 0 radical (unpaired) electrons. The lowest BCUT2D eigenvalue weighted by Crippen LogP contribution is -2.46. The number of benzene rings is 2. The van der Waals surface area contributed by atoms with E-state index in [4.69, 9.17) is 0 Å². The highest BCUT2D eigenvalue weighted by Crippen LogP contribution is 2.34. The number of para-hydroxylation sites is 1. The molecule has 3 aromatic rings. The molecule has 2 amide bonds. The molecule has 3 N–H and O–H groups in total. The van der Waals surface area contributed by atoms with Crippen LogP contribution in [0.15, 0.2) is 42.5 Å². The fourth-order valence-corrected chi connectivity index (χ4v) is 3.61. The van der Waals surface area contributed by atoms with Crippen LogP contribution in [-0.2, 0) is 5.60 Å². The van der Waals surface area contributed by atoms with Crippen LogP contribution < -0.4 is 5.32 Å². The quantitative estimate of drug-likeness (QED) is 0.647. The van der Waals surface area contributed by atoms with Crippen LogP contribution in [-0.4, -0.2) is 39.3 Å². The van der Waals surface area contributed by atoms with E-state index in [2.05, 4.69) is 15.5 Å². The number of halogens is 1. The molecule has 6 nitrogen and oxygen atoms in total. The number of carbonyl (C=O) groups is 1. The molecule has 4 rings (SSSR count). The summed E-state index contributed by atoms with van der Waals surface area (Å²) >= 11 is 0. The molecule has 0 saturated carbocycles. The number of piperidine rings is 1. The highest BCUT2D eigenvalue weighted by Gasteiger charge is 2.36. The zero-order chi connectivity index (χ0) is 19.0. The van der Waals surface area contributed by atoms with E-state index in [9.17, 15) is 14.3 Å². The number of aromatic nitrogens is 2. The molecule has 0 atom stereocenters. The van der Waals surface area contributed by atoms with Crippen LogP contribution in [0.25, 0.3) is 10.9 Å². The van der Waals surface area contributed by atoms with Gasteiger partial charge in [-0.1, -0.05) is 18.2 Å². The van der Waals surface area contributed by atoms with Gasteiger partial charge in [0.25, 0.3) is 0 Å². The first-order valence-corrected chi connectivity index (χ1v) is 8.94. The Morgan fingerprint density at radius 1 is 1.26 bits per heavy atom. The van der Waals surface area contributed by atoms with Crippen LogP contribution in [0.3, 0.4) is 0 Å². The van der Waals surface area contributed by atoms with Crippen molar-refractivity contribution in [3.63, 3.8) is 0 Å². The molecule has 2 aromatic carbocycles. The van der Waals surface area contributed by atoms with Gasteiger partial charge in [-0.2, -0.15) is 5.10 Å². The number of fused-ring (bicyclic) bond motifs is 1. The van der Waals surface area contributed by atoms with E-state index in [0.29, 0.717) is 37.3 Å². The molecule has 0 unspecified atom stereocenters. The van der Waals surface area contributed by atoms with E-state index in [-0.39, 0.29) is 11.8 Å². The van der Waals surface area contributed by atoms with Crippen molar-refractivity contribution in [1.82, 2.24) is 15.1 Å². The maximum atomic E-state index is 13.7. The Bertz CT molecular complexity index is 972. The Hall–Kier alpha value is -2.93. The summed E-state index contributed by atoms with van der Waals surface area (Å²) in [4.78, 5) is 14.2. The van der Waals surface area contributed by atoms with Crippen molar-refractivity contribution >= 4 is 22.8 Å². The summed E-state index contributed by atoms with van der Waals surface area (Å²) in [7, 11) is 0. The lowest BCUT2D eigenvalue weighted by atomic mass is 9.84. The molecule has 2 heterocycles. The lowest BCUT2D eigenvalue weighted by molar-refractivity contribution is -0.0159. The Morgan fingerprint density at radius 3 is 2.74 bits per heavy atom. The number of amides is 2. The topological polar surface area (TPSA) is 81.2 Å². The van der Waals surface area contributed by atoms with E-state index in [1.54, 1.807) is 17.9 Å². The van der Waals surface area contributed by atoms with Gasteiger partial charge in [0.1, 0.15) is 5.82 Å². The summed E-state index contributed by atoms with van der Waals surface area (Å²) in [5.74, 6) is 0.126. The van der Waals surface area contributed by atoms with Gasteiger partial charge in [0.2, 0.25) is 0 Å². The number of carbonyl (C=O) groups excluding carboxylic acids is 1. The second-order valence-corrected chi connectivity index (χ2v) is 7.08. The smallest absolute Gasteiger partial charge is 0.323 e. The van der Waals surface area contributed by atoms with Crippen LogP contribution in [0.1, 0.15) is 24.0 Å². The fourth-order valence-electron chi connectivity index (χ4n) is 3.61. The summed E-state index contributed by atoms with van der Waals surface area (Å²) < 4.78 is 13.7. The normalized spacial score (nSPS) is 16.5. The van der Waals surface area contributed by atoms with E-state index in [1.165, 1.54) is 12.1 Å². The molecular weight excluding hydrogens is 347 g/mol. The van der Waals surface area contributed by atoms with E-state index in [1.807, 2.05) is 24.3 Å². The number of nitrogens with one attached hydrogen (secondary N) is 2. The monoisotopic (exact) mass is 368 g/mol.